The summed E-state index contributed by atoms with van der Waals surface area (Å²) in [6.07, 6.45) is 0.895. The number of aliphatic hydroxyl groups is 1. The van der Waals surface area contributed by atoms with Crippen LogP contribution in [0.2, 0.25) is 0 Å². The summed E-state index contributed by atoms with van der Waals surface area (Å²) in [7, 11) is 0. The fourth-order valence-electron chi connectivity index (χ4n) is 2.57. The molecule has 0 radical (unpaired) electrons. The number of carbonyl (C=O) groups excluding carboxylic acids is 1. The third kappa shape index (κ3) is 9.80. The fourth-order valence-corrected chi connectivity index (χ4v) is 2.57. The Morgan fingerprint density at radius 2 is 1.88 bits per heavy atom. The predicted molar refractivity (Wildman–Crippen MR) is 116 cm³/mol. The van der Waals surface area contributed by atoms with Gasteiger partial charge in [-0.3, -0.25) is 4.99 Å². The quantitative estimate of drug-likeness (QED) is 0.317. The van der Waals surface area contributed by atoms with Crippen molar-refractivity contribution in [1.82, 2.24) is 15.5 Å². The molecule has 8 heteroatoms. The molecule has 1 amide bonds. The molecule has 7 nitrogen and oxygen atoms in total. The Bertz CT molecular complexity index is 444. The third-order valence-corrected chi connectivity index (χ3v) is 4.04. The highest BCUT2D eigenvalue weighted by molar-refractivity contribution is 14.0. The molecule has 0 bridgehead atoms. The van der Waals surface area contributed by atoms with Crippen LogP contribution in [-0.4, -0.2) is 66.0 Å². The van der Waals surface area contributed by atoms with E-state index in [1.807, 2.05) is 27.7 Å². The lowest BCUT2D eigenvalue weighted by atomic mass is 10.1. The summed E-state index contributed by atoms with van der Waals surface area (Å²) in [6.45, 7) is 14.5. The number of alkyl carbamates (subject to hydrolysis) is 1. The van der Waals surface area contributed by atoms with Crippen molar-refractivity contribution in [2.45, 2.75) is 72.1 Å². The number of nitrogens with zero attached hydrogens (tertiary/aromatic N) is 2. The van der Waals surface area contributed by atoms with E-state index in [9.17, 15) is 9.90 Å². The number of nitrogens with one attached hydrogen (secondary N) is 2. The van der Waals surface area contributed by atoms with E-state index in [4.69, 9.17) is 9.73 Å². The molecule has 26 heavy (non-hydrogen) atoms. The van der Waals surface area contributed by atoms with E-state index < -0.39 is 11.7 Å². The highest BCUT2D eigenvalue weighted by Crippen LogP contribution is 2.11. The van der Waals surface area contributed by atoms with E-state index in [0.29, 0.717) is 6.54 Å². The van der Waals surface area contributed by atoms with Crippen LogP contribution in [0.4, 0.5) is 4.79 Å². The molecule has 1 atom stereocenters. The first kappa shape index (κ1) is 25.2. The third-order valence-electron chi connectivity index (χ3n) is 4.04. The van der Waals surface area contributed by atoms with E-state index in [0.717, 1.165) is 38.4 Å². The maximum absolute atomic E-state index is 12.0. The lowest BCUT2D eigenvalue weighted by Crippen LogP contribution is -2.48. The number of hydrogen-bond donors (Lipinski definition) is 3. The van der Waals surface area contributed by atoms with E-state index in [1.54, 1.807) is 0 Å². The van der Waals surface area contributed by atoms with Gasteiger partial charge in [0.1, 0.15) is 5.60 Å². The highest BCUT2D eigenvalue weighted by Gasteiger charge is 2.23. The average molecular weight is 484 g/mol. The molecule has 154 valence electrons. The van der Waals surface area contributed by atoms with Crippen molar-refractivity contribution in [2.75, 3.05) is 26.2 Å². The van der Waals surface area contributed by atoms with Gasteiger partial charge in [-0.15, -0.1) is 24.0 Å². The maximum Gasteiger partial charge on any atom is 0.407 e. The number of carbonyl (C=O) groups is 1. The number of rotatable bonds is 5. The molecule has 1 fully saturated rings. The number of piperidine rings is 1. The second-order valence-corrected chi connectivity index (χ2v) is 7.91. The highest BCUT2D eigenvalue weighted by atomic mass is 127. The molecule has 1 unspecified atom stereocenters. The molecule has 1 heterocycles. The molecular weight excluding hydrogens is 447 g/mol. The topological polar surface area (TPSA) is 86.2 Å². The number of aliphatic imine (C=N–C) groups is 1. The first-order chi connectivity index (χ1) is 11.6. The van der Waals surface area contributed by atoms with Gasteiger partial charge in [0.2, 0.25) is 0 Å². The number of hydrogen-bond acceptors (Lipinski definition) is 4. The van der Waals surface area contributed by atoms with Gasteiger partial charge in [0.05, 0.1) is 18.7 Å². The molecule has 0 saturated carbocycles. The first-order valence-electron chi connectivity index (χ1n) is 9.33. The second-order valence-electron chi connectivity index (χ2n) is 7.91. The summed E-state index contributed by atoms with van der Waals surface area (Å²) in [5, 5.41) is 15.9. The molecule has 0 aromatic rings. The van der Waals surface area contributed by atoms with Crippen molar-refractivity contribution >= 4 is 36.0 Å². The van der Waals surface area contributed by atoms with Gasteiger partial charge < -0.3 is 25.4 Å². The largest absolute Gasteiger partial charge is 0.444 e. The molecule has 0 aliphatic carbocycles. The summed E-state index contributed by atoms with van der Waals surface area (Å²) >= 11 is 0. The molecule has 0 aromatic heterocycles. The molecule has 1 saturated heterocycles. The van der Waals surface area contributed by atoms with Gasteiger partial charge >= 0.3 is 6.09 Å². The van der Waals surface area contributed by atoms with Gasteiger partial charge in [0.25, 0.3) is 0 Å². The Labute approximate surface area is 175 Å². The molecular formula is C18H37IN4O3. The standard InChI is InChI=1S/C18H36N4O3.HI/c1-7-19-16(22-10-8-14(23)9-11-22)20-12-15(13(2)3)21-17(24)25-18(4,5)6;/h13-15,23H,7-12H2,1-6H3,(H,19,20)(H,21,24);1H. The van der Waals surface area contributed by atoms with Gasteiger partial charge in [0.15, 0.2) is 5.96 Å². The van der Waals surface area contributed by atoms with Crippen LogP contribution < -0.4 is 10.6 Å². The van der Waals surface area contributed by atoms with Crippen molar-refractivity contribution in [3.8, 4) is 0 Å². The van der Waals surface area contributed by atoms with Crippen LogP contribution >= 0.6 is 24.0 Å². The Kier molecular flexibility index (Phi) is 11.5. The Morgan fingerprint density at radius 1 is 1.31 bits per heavy atom. The average Bonchev–Trinajstić information content (AvgIpc) is 2.49. The van der Waals surface area contributed by atoms with Gasteiger partial charge in [-0.05, 0) is 46.5 Å². The molecule has 1 aliphatic heterocycles. The molecule has 3 N–H and O–H groups in total. The maximum atomic E-state index is 12.0. The van der Waals surface area contributed by atoms with Crippen LogP contribution in [0.3, 0.4) is 0 Å². The van der Waals surface area contributed by atoms with E-state index >= 15 is 0 Å². The van der Waals surface area contributed by atoms with Crippen molar-refractivity contribution in [2.24, 2.45) is 10.9 Å². The van der Waals surface area contributed by atoms with E-state index in [-0.39, 0.29) is 42.0 Å². The smallest absolute Gasteiger partial charge is 0.407 e. The minimum absolute atomic E-state index is 0. The second kappa shape index (κ2) is 11.8. The molecule has 0 spiro atoms. The van der Waals surface area contributed by atoms with Gasteiger partial charge in [-0.2, -0.15) is 0 Å². The minimum atomic E-state index is -0.515. The lowest BCUT2D eigenvalue weighted by molar-refractivity contribution is 0.0492. The zero-order valence-corrected chi connectivity index (χ0v) is 19.4. The van der Waals surface area contributed by atoms with Crippen molar-refractivity contribution in [3.05, 3.63) is 0 Å². The van der Waals surface area contributed by atoms with Crippen LogP contribution in [0.15, 0.2) is 4.99 Å². The number of guanidine groups is 1. The summed E-state index contributed by atoms with van der Waals surface area (Å²) < 4.78 is 5.35. The summed E-state index contributed by atoms with van der Waals surface area (Å²) in [5.74, 6) is 1.08. The summed E-state index contributed by atoms with van der Waals surface area (Å²) in [5.41, 5.74) is -0.515. The Balaban J connectivity index is 0.00000625. The van der Waals surface area contributed by atoms with Gasteiger partial charge in [-0.25, -0.2) is 4.79 Å². The zero-order chi connectivity index (χ0) is 19.0. The lowest BCUT2D eigenvalue weighted by Gasteiger charge is -2.33. The SMILES string of the molecule is CCNC(=NCC(NC(=O)OC(C)(C)C)C(C)C)N1CCC(O)CC1.I. The number of likely N-dealkylation sites (tertiary alicyclic amines) is 1. The van der Waals surface area contributed by atoms with Gasteiger partial charge in [-0.1, -0.05) is 13.8 Å². The van der Waals surface area contributed by atoms with Crippen LogP contribution in [0, 0.1) is 5.92 Å². The molecule has 1 aliphatic rings. The zero-order valence-electron chi connectivity index (χ0n) is 17.0. The van der Waals surface area contributed by atoms with Crippen molar-refractivity contribution < 1.29 is 14.6 Å². The summed E-state index contributed by atoms with van der Waals surface area (Å²) in [4.78, 5) is 18.9. The normalized spacial score (nSPS) is 17.5. The van der Waals surface area contributed by atoms with Crippen LogP contribution in [0.5, 0.6) is 0 Å². The van der Waals surface area contributed by atoms with Gasteiger partial charge in [0, 0.05) is 19.6 Å². The fraction of sp³-hybridized carbons (Fsp3) is 0.889. The van der Waals surface area contributed by atoms with Crippen LogP contribution in [0.25, 0.3) is 0 Å². The Morgan fingerprint density at radius 3 is 2.35 bits per heavy atom. The monoisotopic (exact) mass is 484 g/mol. The van der Waals surface area contributed by atoms with Crippen molar-refractivity contribution in [3.63, 3.8) is 0 Å². The molecule has 1 rings (SSSR count). The van der Waals surface area contributed by atoms with Crippen LogP contribution in [0.1, 0.15) is 54.4 Å². The number of amides is 1. The van der Waals surface area contributed by atoms with Crippen LogP contribution in [-0.2, 0) is 4.74 Å². The molecule has 0 aromatic carbocycles. The number of ether oxygens (including phenoxy) is 1. The number of aliphatic hydroxyl groups excluding tert-OH is 1. The Hall–Kier alpha value is -0.770. The minimum Gasteiger partial charge on any atom is -0.444 e. The first-order valence-corrected chi connectivity index (χ1v) is 9.33. The van der Waals surface area contributed by atoms with Crippen molar-refractivity contribution in [1.29, 1.82) is 0 Å². The number of halogens is 1. The van der Waals surface area contributed by atoms with E-state index in [1.165, 1.54) is 0 Å². The summed E-state index contributed by atoms with van der Waals surface area (Å²) in [6, 6.07) is -0.0983. The predicted octanol–water partition coefficient (Wildman–Crippen LogP) is 2.58. The van der Waals surface area contributed by atoms with E-state index in [2.05, 4.69) is 29.4 Å².